The number of nitrogens with two attached hydrogens (primary N) is 4. The van der Waals surface area contributed by atoms with Crippen LogP contribution < -0.4 is 43.4 Å². The molecule has 0 radical (unpaired) electrons. The van der Waals surface area contributed by atoms with Crippen molar-refractivity contribution in [2.45, 2.75) is 0 Å². The second kappa shape index (κ2) is 23.5. The number of carboxylic acid groups (broad SMARTS) is 4. The van der Waals surface area contributed by atoms with Gasteiger partial charge in [-0.2, -0.15) is 0 Å². The Kier molecular flexibility index (Phi) is 40.5. The number of hydrogen-bond acceptors (Lipinski definition) is 8. The third-order valence-corrected chi connectivity index (χ3v) is 0. The summed E-state index contributed by atoms with van der Waals surface area (Å²) < 4.78 is 0. The first-order valence-corrected chi connectivity index (χ1v) is 2.79. The molecule has 0 aromatic rings. The number of carbonyl (C=O) groups is 4. The maximum atomic E-state index is 8.67. The van der Waals surface area contributed by atoms with Crippen LogP contribution in [0.4, 0.5) is 19.2 Å². The molecule has 0 bridgehead atoms. The van der Waals surface area contributed by atoms with E-state index in [0.29, 0.717) is 0 Å². The Bertz CT molecular complexity index is 170. The van der Waals surface area contributed by atoms with Crippen LogP contribution in [-0.2, 0) is 19.5 Å². The minimum Gasteiger partial charge on any atom is -0.530 e. The molecule has 12 nitrogen and oxygen atoms in total. The Morgan fingerprint density at radius 1 is 0.529 bits per heavy atom. The van der Waals surface area contributed by atoms with E-state index in [1.165, 1.54) is 0 Å². The van der Waals surface area contributed by atoms with Gasteiger partial charge in [-0.25, -0.2) is 0 Å². The van der Waals surface area contributed by atoms with Crippen LogP contribution in [0.1, 0.15) is 0 Å². The van der Waals surface area contributed by atoms with Crippen molar-refractivity contribution in [2.24, 2.45) is 22.9 Å². The third-order valence-electron chi connectivity index (χ3n) is 0. The minimum atomic E-state index is -1.58. The molecule has 0 aromatic carbocycles. The smallest absolute Gasteiger partial charge is 0.530 e. The van der Waals surface area contributed by atoms with Crippen molar-refractivity contribution in [1.29, 1.82) is 0 Å². The van der Waals surface area contributed by atoms with Gasteiger partial charge in [0.2, 0.25) is 0 Å². The van der Waals surface area contributed by atoms with Gasteiger partial charge in [0, 0.05) is 0 Å². The summed E-state index contributed by atoms with van der Waals surface area (Å²) >= 11 is 0. The minimum absolute atomic E-state index is 0. The van der Waals surface area contributed by atoms with Gasteiger partial charge in [-0.3, -0.25) is 0 Å². The first-order chi connectivity index (χ1) is 6.93. The SMILES string of the molecule is NC(=O)[O-].NC(=O)[O-].NC(=O)[O-].NC(=O)[O-].[Ru+4]. The van der Waals surface area contributed by atoms with E-state index in [1.54, 1.807) is 0 Å². The second-order valence-electron chi connectivity index (χ2n) is 1.28. The molecule has 0 rings (SSSR count). The van der Waals surface area contributed by atoms with E-state index in [9.17, 15) is 0 Å². The molecule has 0 saturated heterocycles. The van der Waals surface area contributed by atoms with Gasteiger partial charge in [0.25, 0.3) is 0 Å². The van der Waals surface area contributed by atoms with E-state index < -0.39 is 24.4 Å². The Balaban J connectivity index is -0.0000000369. The van der Waals surface area contributed by atoms with E-state index in [-0.39, 0.29) is 19.5 Å². The molecule has 13 heteroatoms. The van der Waals surface area contributed by atoms with Gasteiger partial charge >= 0.3 is 19.5 Å². The maximum absolute atomic E-state index is 8.67. The second-order valence-corrected chi connectivity index (χ2v) is 1.28. The topological polar surface area (TPSA) is 265 Å². The molecule has 0 unspecified atom stereocenters. The van der Waals surface area contributed by atoms with Crippen LogP contribution in [-0.4, -0.2) is 24.4 Å². The van der Waals surface area contributed by atoms with Crippen LogP contribution >= 0.6 is 0 Å². The van der Waals surface area contributed by atoms with Gasteiger partial charge in [0.15, 0.2) is 0 Å². The van der Waals surface area contributed by atoms with Crippen LogP contribution in [0.15, 0.2) is 0 Å². The molecule has 0 aliphatic rings. The zero-order chi connectivity index (χ0) is 14.3. The predicted octanol–water partition coefficient (Wildman–Crippen LogP) is -6.85. The summed E-state index contributed by atoms with van der Waals surface area (Å²) in [6.07, 6.45) is -6.33. The first-order valence-electron chi connectivity index (χ1n) is 2.79. The van der Waals surface area contributed by atoms with E-state index in [2.05, 4.69) is 22.9 Å². The molecule has 8 N–H and O–H groups in total. The van der Waals surface area contributed by atoms with E-state index in [4.69, 9.17) is 39.6 Å². The summed E-state index contributed by atoms with van der Waals surface area (Å²) in [5.41, 5.74) is 15.7. The molecule has 0 aliphatic carbocycles. The number of amides is 4. The van der Waals surface area contributed by atoms with Crippen molar-refractivity contribution in [3.05, 3.63) is 0 Å². The number of hydrogen-bond donors (Lipinski definition) is 4. The molecule has 100 valence electrons. The molecule has 0 spiro atoms. The first kappa shape index (κ1) is 29.3. The Morgan fingerprint density at radius 3 is 0.529 bits per heavy atom. The van der Waals surface area contributed by atoms with Gasteiger partial charge in [-0.1, -0.05) is 0 Å². The number of rotatable bonds is 0. The Morgan fingerprint density at radius 2 is 0.529 bits per heavy atom. The zero-order valence-electron chi connectivity index (χ0n) is 7.93. The van der Waals surface area contributed by atoms with Crippen LogP contribution in [0.2, 0.25) is 0 Å². The monoisotopic (exact) mass is 342 g/mol. The van der Waals surface area contributed by atoms with Crippen molar-refractivity contribution in [2.75, 3.05) is 0 Å². The van der Waals surface area contributed by atoms with Gasteiger partial charge in [0.05, 0.1) is 0 Å². The molecule has 17 heavy (non-hydrogen) atoms. The molecular weight excluding hydrogens is 333 g/mol. The van der Waals surface area contributed by atoms with Crippen LogP contribution in [0.5, 0.6) is 0 Å². The summed E-state index contributed by atoms with van der Waals surface area (Å²) in [6, 6.07) is 0. The van der Waals surface area contributed by atoms with Crippen molar-refractivity contribution in [3.8, 4) is 0 Å². The quantitative estimate of drug-likeness (QED) is 0.306. The predicted molar refractivity (Wildman–Crippen MR) is 38.3 cm³/mol. The number of carbonyl (C=O) groups excluding carboxylic acids is 4. The number of primary amides is 4. The summed E-state index contributed by atoms with van der Waals surface area (Å²) in [7, 11) is 0. The molecular formula is C4H8N4O8Ru. The van der Waals surface area contributed by atoms with Gasteiger partial charge in [-0.05, 0) is 0 Å². The average Bonchev–Trinajstić information content (AvgIpc) is 1.76. The van der Waals surface area contributed by atoms with E-state index in [0.717, 1.165) is 0 Å². The molecule has 0 fully saturated rings. The van der Waals surface area contributed by atoms with Crippen molar-refractivity contribution in [1.82, 2.24) is 0 Å². The van der Waals surface area contributed by atoms with Crippen LogP contribution in [0.25, 0.3) is 0 Å². The molecule has 0 heterocycles. The summed E-state index contributed by atoms with van der Waals surface area (Å²) in [4.78, 5) is 34.7. The average molecular weight is 341 g/mol. The molecule has 4 amide bonds. The largest absolute Gasteiger partial charge is 4.00 e. The standard InChI is InChI=1S/4CH3NO2.Ru/c4*2-1(3)4;/h4*2H2,(H,3,4);/q;;;;+4/p-4. The van der Waals surface area contributed by atoms with Crippen molar-refractivity contribution >= 4 is 24.4 Å². The van der Waals surface area contributed by atoms with Crippen molar-refractivity contribution < 1.29 is 59.1 Å². The van der Waals surface area contributed by atoms with Crippen LogP contribution in [0.3, 0.4) is 0 Å². The fourth-order valence-electron chi connectivity index (χ4n) is 0. The summed E-state index contributed by atoms with van der Waals surface area (Å²) in [5.74, 6) is 0. The fraction of sp³-hybridized carbons (Fsp3) is 0. The zero-order valence-corrected chi connectivity index (χ0v) is 9.67. The van der Waals surface area contributed by atoms with Crippen LogP contribution in [0, 0.1) is 0 Å². The molecule has 0 saturated carbocycles. The van der Waals surface area contributed by atoms with Gasteiger partial charge < -0.3 is 62.5 Å². The Hall–Kier alpha value is -2.30. The fourth-order valence-corrected chi connectivity index (χ4v) is 0. The normalized spacial score (nSPS) is 5.65. The van der Waals surface area contributed by atoms with E-state index in [1.807, 2.05) is 0 Å². The molecule has 0 aromatic heterocycles. The summed E-state index contributed by atoms with van der Waals surface area (Å²) in [5, 5.41) is 34.7. The Labute approximate surface area is 107 Å². The molecule has 0 aliphatic heterocycles. The van der Waals surface area contributed by atoms with Crippen molar-refractivity contribution in [3.63, 3.8) is 0 Å². The van der Waals surface area contributed by atoms with Gasteiger partial charge in [0.1, 0.15) is 24.4 Å². The third kappa shape index (κ3) is 356. The van der Waals surface area contributed by atoms with E-state index >= 15 is 0 Å². The maximum Gasteiger partial charge on any atom is 4.00 e. The van der Waals surface area contributed by atoms with Gasteiger partial charge in [-0.15, -0.1) is 0 Å². The summed E-state index contributed by atoms with van der Waals surface area (Å²) in [6.45, 7) is 0. The molecule has 0 atom stereocenters.